The molecule has 136 valence electrons. The first kappa shape index (κ1) is 18.3. The van der Waals surface area contributed by atoms with Gasteiger partial charge in [0.05, 0.1) is 0 Å². The Kier molecular flexibility index (Phi) is 5.26. The molecule has 3 rings (SSSR count). The third kappa shape index (κ3) is 4.36. The predicted octanol–water partition coefficient (Wildman–Crippen LogP) is 4.01. The third-order valence-corrected chi connectivity index (χ3v) is 4.05. The van der Waals surface area contributed by atoms with Gasteiger partial charge in [0.15, 0.2) is 5.78 Å². The van der Waals surface area contributed by atoms with Crippen LogP contribution in [0.3, 0.4) is 0 Å². The van der Waals surface area contributed by atoms with Crippen LogP contribution in [0.15, 0.2) is 60.7 Å². The van der Waals surface area contributed by atoms with Crippen molar-refractivity contribution in [2.24, 2.45) is 0 Å². The number of nitrogens with zero attached hydrogens (tertiary/aromatic N) is 3. The van der Waals surface area contributed by atoms with E-state index >= 15 is 0 Å². The molecule has 0 fully saturated rings. The lowest BCUT2D eigenvalue weighted by Crippen LogP contribution is -2.19. The Labute approximate surface area is 157 Å². The number of benzene rings is 2. The van der Waals surface area contributed by atoms with Gasteiger partial charge in [0.1, 0.15) is 5.69 Å². The van der Waals surface area contributed by atoms with Crippen LogP contribution in [0.1, 0.15) is 33.5 Å². The number of Topliss-reactive ketones (excluding diaryl/α,β-unsaturated/α-hetero) is 1. The quantitative estimate of drug-likeness (QED) is 0.696. The van der Waals surface area contributed by atoms with Crippen LogP contribution in [0.4, 0.5) is 17.3 Å². The minimum atomic E-state index is -0.357. The molecule has 1 amide bonds. The molecule has 0 saturated carbocycles. The average Bonchev–Trinajstić information content (AvgIpc) is 2.67. The molecule has 1 N–H and O–H groups in total. The fourth-order valence-corrected chi connectivity index (χ4v) is 2.60. The second-order valence-electron chi connectivity index (χ2n) is 6.18. The summed E-state index contributed by atoms with van der Waals surface area (Å²) in [5, 5.41) is 2.79. The van der Waals surface area contributed by atoms with Crippen molar-refractivity contribution in [1.82, 2.24) is 9.97 Å². The Morgan fingerprint density at radius 1 is 0.963 bits per heavy atom. The molecule has 0 aliphatic rings. The maximum atomic E-state index is 12.7. The molecule has 3 aromatic rings. The zero-order valence-corrected chi connectivity index (χ0v) is 15.4. The SMILES string of the molecule is CC(=O)c1cccc(NC(=O)c2cc(C)nc(N(C)c3ccccc3)n2)c1. The van der Waals surface area contributed by atoms with E-state index in [9.17, 15) is 9.59 Å². The molecule has 1 heterocycles. The summed E-state index contributed by atoms with van der Waals surface area (Å²) in [6.45, 7) is 3.30. The lowest BCUT2D eigenvalue weighted by atomic mass is 10.1. The normalized spacial score (nSPS) is 10.3. The van der Waals surface area contributed by atoms with E-state index in [0.29, 0.717) is 22.9 Å². The van der Waals surface area contributed by atoms with Gasteiger partial charge in [-0.1, -0.05) is 30.3 Å². The largest absolute Gasteiger partial charge is 0.321 e. The van der Waals surface area contributed by atoms with Gasteiger partial charge in [-0.2, -0.15) is 0 Å². The molecule has 6 nitrogen and oxygen atoms in total. The molecular formula is C21H20N4O2. The van der Waals surface area contributed by atoms with E-state index in [1.165, 1.54) is 6.92 Å². The molecule has 27 heavy (non-hydrogen) atoms. The topological polar surface area (TPSA) is 75.2 Å². The first-order valence-corrected chi connectivity index (χ1v) is 8.51. The lowest BCUT2D eigenvalue weighted by Gasteiger charge is -2.18. The van der Waals surface area contributed by atoms with E-state index < -0.39 is 0 Å². The number of carbonyl (C=O) groups is 2. The van der Waals surface area contributed by atoms with Crippen molar-refractivity contribution in [3.8, 4) is 0 Å². The third-order valence-electron chi connectivity index (χ3n) is 4.05. The molecule has 0 aliphatic carbocycles. The summed E-state index contributed by atoms with van der Waals surface area (Å²) in [7, 11) is 1.85. The van der Waals surface area contributed by atoms with Crippen LogP contribution in [0.2, 0.25) is 0 Å². The van der Waals surface area contributed by atoms with Crippen molar-refractivity contribution >= 4 is 29.0 Å². The van der Waals surface area contributed by atoms with E-state index in [1.807, 2.05) is 49.2 Å². The molecule has 0 unspecified atom stereocenters. The molecule has 0 spiro atoms. The Balaban J connectivity index is 1.86. The maximum absolute atomic E-state index is 12.7. The summed E-state index contributed by atoms with van der Waals surface area (Å²) in [6, 6.07) is 18.1. The molecule has 0 atom stereocenters. The number of ketones is 1. The van der Waals surface area contributed by atoms with Crippen molar-refractivity contribution < 1.29 is 9.59 Å². The fraction of sp³-hybridized carbons (Fsp3) is 0.143. The Bertz CT molecular complexity index is 986. The van der Waals surface area contributed by atoms with E-state index in [2.05, 4.69) is 15.3 Å². The van der Waals surface area contributed by atoms with Crippen molar-refractivity contribution in [2.75, 3.05) is 17.3 Å². The standard InChI is InChI=1S/C21H20N4O2/c1-14-12-19(20(27)23-17-9-7-8-16(13-17)15(2)26)24-21(22-14)25(3)18-10-5-4-6-11-18/h4-13H,1-3H3,(H,23,27). The molecule has 0 aliphatic heterocycles. The van der Waals surface area contributed by atoms with Gasteiger partial charge in [0.25, 0.3) is 5.91 Å². The van der Waals surface area contributed by atoms with Gasteiger partial charge < -0.3 is 10.2 Å². The summed E-state index contributed by atoms with van der Waals surface area (Å²) in [5.74, 6) is 0.0171. The highest BCUT2D eigenvalue weighted by molar-refractivity contribution is 6.04. The van der Waals surface area contributed by atoms with Gasteiger partial charge in [-0.05, 0) is 44.2 Å². The minimum Gasteiger partial charge on any atom is -0.321 e. The average molecular weight is 360 g/mol. The zero-order valence-electron chi connectivity index (χ0n) is 15.4. The van der Waals surface area contributed by atoms with Crippen molar-refractivity contribution in [1.29, 1.82) is 0 Å². The summed E-state index contributed by atoms with van der Waals surface area (Å²) in [6.07, 6.45) is 0. The second-order valence-corrected chi connectivity index (χ2v) is 6.18. The molecule has 0 bridgehead atoms. The van der Waals surface area contributed by atoms with Gasteiger partial charge in [-0.15, -0.1) is 0 Å². The summed E-state index contributed by atoms with van der Waals surface area (Å²) >= 11 is 0. The number of carbonyl (C=O) groups excluding carboxylic acids is 2. The number of aromatic nitrogens is 2. The summed E-state index contributed by atoms with van der Waals surface area (Å²) in [4.78, 5) is 34.8. The van der Waals surface area contributed by atoms with E-state index in [1.54, 1.807) is 30.3 Å². The van der Waals surface area contributed by atoms with E-state index in [4.69, 9.17) is 0 Å². The van der Waals surface area contributed by atoms with Crippen molar-refractivity contribution in [3.05, 3.63) is 77.6 Å². The van der Waals surface area contributed by atoms with Crippen LogP contribution in [-0.2, 0) is 0 Å². The Hall–Kier alpha value is -3.54. The van der Waals surface area contributed by atoms with Crippen LogP contribution < -0.4 is 10.2 Å². The molecular weight excluding hydrogens is 340 g/mol. The van der Waals surface area contributed by atoms with Gasteiger partial charge in [-0.3, -0.25) is 9.59 Å². The predicted molar refractivity (Wildman–Crippen MR) is 106 cm³/mol. The number of anilines is 3. The first-order chi connectivity index (χ1) is 12.9. The number of hydrogen-bond acceptors (Lipinski definition) is 5. The highest BCUT2D eigenvalue weighted by Gasteiger charge is 2.14. The molecule has 2 aromatic carbocycles. The van der Waals surface area contributed by atoms with Crippen molar-refractivity contribution in [2.45, 2.75) is 13.8 Å². The number of rotatable bonds is 5. The monoisotopic (exact) mass is 360 g/mol. The van der Waals surface area contributed by atoms with Gasteiger partial charge in [-0.25, -0.2) is 9.97 Å². The van der Waals surface area contributed by atoms with Crippen LogP contribution >= 0.6 is 0 Å². The summed E-state index contributed by atoms with van der Waals surface area (Å²) < 4.78 is 0. The Morgan fingerprint density at radius 2 is 1.70 bits per heavy atom. The lowest BCUT2D eigenvalue weighted by molar-refractivity contribution is 0.100. The number of nitrogens with one attached hydrogen (secondary N) is 1. The van der Waals surface area contributed by atoms with Crippen LogP contribution in [0.5, 0.6) is 0 Å². The minimum absolute atomic E-state index is 0.0595. The second kappa shape index (κ2) is 7.78. The van der Waals surface area contributed by atoms with Gasteiger partial charge >= 0.3 is 0 Å². The number of para-hydroxylation sites is 1. The Morgan fingerprint density at radius 3 is 2.41 bits per heavy atom. The first-order valence-electron chi connectivity index (χ1n) is 8.51. The van der Waals surface area contributed by atoms with Gasteiger partial charge in [0.2, 0.25) is 5.95 Å². The van der Waals surface area contributed by atoms with Crippen molar-refractivity contribution in [3.63, 3.8) is 0 Å². The van der Waals surface area contributed by atoms with E-state index in [-0.39, 0.29) is 17.4 Å². The van der Waals surface area contributed by atoms with Crippen LogP contribution in [0.25, 0.3) is 0 Å². The zero-order chi connectivity index (χ0) is 19.4. The summed E-state index contributed by atoms with van der Waals surface area (Å²) in [5.41, 5.74) is 2.95. The van der Waals surface area contributed by atoms with E-state index in [0.717, 1.165) is 5.69 Å². The molecule has 6 heteroatoms. The highest BCUT2D eigenvalue weighted by atomic mass is 16.2. The molecule has 0 radical (unpaired) electrons. The number of aryl methyl sites for hydroxylation is 1. The van der Waals surface area contributed by atoms with Crippen LogP contribution in [-0.4, -0.2) is 28.7 Å². The van der Waals surface area contributed by atoms with Crippen LogP contribution in [0, 0.1) is 6.92 Å². The smallest absolute Gasteiger partial charge is 0.274 e. The highest BCUT2D eigenvalue weighted by Crippen LogP contribution is 2.20. The maximum Gasteiger partial charge on any atom is 0.274 e. The fourth-order valence-electron chi connectivity index (χ4n) is 2.60. The molecule has 1 aromatic heterocycles. The number of hydrogen-bond donors (Lipinski definition) is 1. The van der Waals surface area contributed by atoms with Gasteiger partial charge in [0, 0.05) is 29.7 Å². The number of amides is 1. The molecule has 0 saturated heterocycles.